The number of rotatable bonds is 5. The molecule has 49 heavy (non-hydrogen) atoms. The Labute approximate surface area is 287 Å². The van der Waals surface area contributed by atoms with Gasteiger partial charge in [-0.1, -0.05) is 133 Å². The lowest BCUT2D eigenvalue weighted by molar-refractivity contribution is 0.670. The third-order valence-electron chi connectivity index (χ3n) is 9.69. The van der Waals surface area contributed by atoms with Crippen molar-refractivity contribution in [3.8, 4) is 22.3 Å². The van der Waals surface area contributed by atoms with Crippen molar-refractivity contribution in [3.63, 3.8) is 0 Å². The fourth-order valence-corrected chi connectivity index (χ4v) is 8.60. The van der Waals surface area contributed by atoms with Gasteiger partial charge >= 0.3 is 0 Å². The maximum Gasteiger partial charge on any atom is 0.143 e. The van der Waals surface area contributed by atoms with Crippen molar-refractivity contribution in [3.05, 3.63) is 176 Å². The van der Waals surface area contributed by atoms with Crippen LogP contribution in [0.1, 0.15) is 0 Å². The summed E-state index contributed by atoms with van der Waals surface area (Å²) in [6.45, 7) is 0. The third-order valence-corrected chi connectivity index (χ3v) is 10.8. The van der Waals surface area contributed by atoms with Crippen LogP contribution in [0.2, 0.25) is 0 Å². The van der Waals surface area contributed by atoms with E-state index in [0.29, 0.717) is 0 Å². The van der Waals surface area contributed by atoms with Crippen LogP contribution < -0.4 is 4.90 Å². The number of para-hydroxylation sites is 3. The van der Waals surface area contributed by atoms with Gasteiger partial charge < -0.3 is 9.32 Å². The highest BCUT2D eigenvalue weighted by Gasteiger charge is 2.22. The molecule has 230 valence electrons. The number of thiophene rings is 1. The molecule has 0 atom stereocenters. The zero-order valence-corrected chi connectivity index (χ0v) is 27.3. The first-order valence-corrected chi connectivity index (χ1v) is 17.4. The Kier molecular flexibility index (Phi) is 6.39. The summed E-state index contributed by atoms with van der Waals surface area (Å²) in [4.78, 5) is 2.41. The molecule has 0 saturated heterocycles. The maximum absolute atomic E-state index is 6.56. The van der Waals surface area contributed by atoms with Gasteiger partial charge in [-0.05, 0) is 59.0 Å². The van der Waals surface area contributed by atoms with E-state index in [9.17, 15) is 0 Å². The zero-order valence-electron chi connectivity index (χ0n) is 26.5. The minimum atomic E-state index is 0.900. The van der Waals surface area contributed by atoms with Crippen molar-refractivity contribution in [2.24, 2.45) is 0 Å². The van der Waals surface area contributed by atoms with E-state index in [1.807, 2.05) is 23.5 Å². The highest BCUT2D eigenvalue weighted by atomic mass is 32.1. The molecule has 0 amide bonds. The molecule has 0 bridgehead atoms. The second kappa shape index (κ2) is 11.2. The Bertz CT molecular complexity index is 2840. The van der Waals surface area contributed by atoms with E-state index in [1.165, 1.54) is 42.1 Å². The van der Waals surface area contributed by atoms with Crippen LogP contribution in [0.15, 0.2) is 180 Å². The quantitative estimate of drug-likeness (QED) is 0.186. The molecule has 0 aliphatic carbocycles. The topological polar surface area (TPSA) is 16.4 Å². The fraction of sp³-hybridized carbons (Fsp3) is 0. The Morgan fingerprint density at radius 3 is 1.94 bits per heavy atom. The van der Waals surface area contributed by atoms with Crippen LogP contribution in [0, 0.1) is 0 Å². The van der Waals surface area contributed by atoms with E-state index in [0.717, 1.165) is 50.1 Å². The lowest BCUT2D eigenvalue weighted by atomic mass is 9.97. The number of nitrogens with zero attached hydrogens (tertiary/aromatic N) is 1. The summed E-state index contributed by atoms with van der Waals surface area (Å²) >= 11 is 1.86. The van der Waals surface area contributed by atoms with E-state index < -0.39 is 0 Å². The molecule has 0 spiro atoms. The molecule has 0 radical (unpaired) electrons. The first kappa shape index (κ1) is 27.9. The van der Waals surface area contributed by atoms with Crippen molar-refractivity contribution >= 4 is 81.3 Å². The standard InChI is InChI=1S/C46H29NOS/c1-2-14-33-30(12-1)13-9-22-40(33)47(32-28-26-31(27-29-32)34-18-11-25-44-45(34)39-17-5-8-24-43(39)49-44)41-21-6-3-15-35(41)37-19-10-20-38-36-16-4-7-23-42(36)48-46(37)38/h1-29H. The number of furan rings is 1. The predicted molar refractivity (Wildman–Crippen MR) is 210 cm³/mol. The first-order chi connectivity index (χ1) is 24.3. The van der Waals surface area contributed by atoms with Gasteiger partial charge in [0.2, 0.25) is 0 Å². The Morgan fingerprint density at radius 1 is 0.408 bits per heavy atom. The molecule has 2 aromatic heterocycles. The molecular formula is C46H29NOS. The molecule has 0 saturated carbocycles. The summed E-state index contributed by atoms with van der Waals surface area (Å²) in [5.74, 6) is 0. The van der Waals surface area contributed by atoms with Crippen LogP contribution in [-0.2, 0) is 0 Å². The van der Waals surface area contributed by atoms with Crippen LogP contribution in [-0.4, -0.2) is 0 Å². The number of hydrogen-bond acceptors (Lipinski definition) is 3. The number of hydrogen-bond donors (Lipinski definition) is 0. The van der Waals surface area contributed by atoms with E-state index in [2.05, 4.69) is 169 Å². The van der Waals surface area contributed by atoms with E-state index >= 15 is 0 Å². The van der Waals surface area contributed by atoms with Crippen LogP contribution >= 0.6 is 11.3 Å². The SMILES string of the molecule is c1ccc(N(c2ccc(-c3cccc4sc5ccccc5c34)cc2)c2cccc3ccccc23)c(-c2cccc3c2oc2ccccc23)c1. The van der Waals surface area contributed by atoms with Gasteiger partial charge in [-0.15, -0.1) is 11.3 Å². The molecule has 2 nitrogen and oxygen atoms in total. The molecule has 3 heteroatoms. The monoisotopic (exact) mass is 643 g/mol. The lowest BCUT2D eigenvalue weighted by Gasteiger charge is -2.29. The van der Waals surface area contributed by atoms with Gasteiger partial charge in [0.15, 0.2) is 0 Å². The second-order valence-corrected chi connectivity index (χ2v) is 13.5. The molecule has 0 aliphatic rings. The average molecular weight is 644 g/mol. The molecule has 0 N–H and O–H groups in total. The third kappa shape index (κ3) is 4.47. The van der Waals surface area contributed by atoms with E-state index in [4.69, 9.17) is 4.42 Å². The minimum Gasteiger partial charge on any atom is -0.455 e. The van der Waals surface area contributed by atoms with Gasteiger partial charge in [0.25, 0.3) is 0 Å². The highest BCUT2D eigenvalue weighted by Crippen LogP contribution is 2.46. The first-order valence-electron chi connectivity index (χ1n) is 16.6. The number of fused-ring (bicyclic) bond motifs is 7. The molecular weight excluding hydrogens is 615 g/mol. The second-order valence-electron chi connectivity index (χ2n) is 12.5. The molecule has 2 heterocycles. The van der Waals surface area contributed by atoms with Crippen LogP contribution in [0.5, 0.6) is 0 Å². The van der Waals surface area contributed by atoms with Crippen LogP contribution in [0.3, 0.4) is 0 Å². The van der Waals surface area contributed by atoms with Crippen molar-refractivity contribution in [1.29, 1.82) is 0 Å². The van der Waals surface area contributed by atoms with Crippen LogP contribution in [0.4, 0.5) is 17.1 Å². The number of benzene rings is 8. The van der Waals surface area contributed by atoms with E-state index in [-0.39, 0.29) is 0 Å². The summed E-state index contributed by atoms with van der Waals surface area (Å²) in [5.41, 5.74) is 9.75. The van der Waals surface area contributed by atoms with Crippen molar-refractivity contribution < 1.29 is 4.42 Å². The van der Waals surface area contributed by atoms with E-state index in [1.54, 1.807) is 0 Å². The largest absolute Gasteiger partial charge is 0.455 e. The van der Waals surface area contributed by atoms with Crippen molar-refractivity contribution in [1.82, 2.24) is 0 Å². The van der Waals surface area contributed by atoms with Crippen molar-refractivity contribution in [2.75, 3.05) is 4.90 Å². The summed E-state index contributed by atoms with van der Waals surface area (Å²) in [7, 11) is 0. The van der Waals surface area contributed by atoms with Gasteiger partial charge in [0.05, 0.1) is 11.4 Å². The van der Waals surface area contributed by atoms with Gasteiger partial charge in [0.1, 0.15) is 11.2 Å². The molecule has 0 fully saturated rings. The molecule has 10 aromatic rings. The molecule has 8 aromatic carbocycles. The summed E-state index contributed by atoms with van der Waals surface area (Å²) in [5, 5.41) is 7.29. The Balaban J connectivity index is 1.19. The summed E-state index contributed by atoms with van der Waals surface area (Å²) < 4.78 is 9.19. The highest BCUT2D eigenvalue weighted by molar-refractivity contribution is 7.25. The summed E-state index contributed by atoms with van der Waals surface area (Å²) in [6, 6.07) is 63.2. The molecule has 0 unspecified atom stereocenters. The zero-order chi connectivity index (χ0) is 32.3. The Hall–Kier alpha value is -6.16. The van der Waals surface area contributed by atoms with Crippen molar-refractivity contribution in [2.45, 2.75) is 0 Å². The normalized spacial score (nSPS) is 11.7. The van der Waals surface area contributed by atoms with Crippen LogP contribution in [0.25, 0.3) is 75.1 Å². The van der Waals surface area contributed by atoms with Gasteiger partial charge in [0, 0.05) is 53.1 Å². The maximum atomic E-state index is 6.56. The number of anilines is 3. The molecule has 0 aliphatic heterocycles. The average Bonchev–Trinajstić information content (AvgIpc) is 3.74. The minimum absolute atomic E-state index is 0.900. The lowest BCUT2D eigenvalue weighted by Crippen LogP contribution is -2.11. The van der Waals surface area contributed by atoms with Gasteiger partial charge in [-0.2, -0.15) is 0 Å². The summed E-state index contributed by atoms with van der Waals surface area (Å²) in [6.07, 6.45) is 0. The smallest absolute Gasteiger partial charge is 0.143 e. The Morgan fingerprint density at radius 2 is 1.02 bits per heavy atom. The molecule has 10 rings (SSSR count). The van der Waals surface area contributed by atoms with Gasteiger partial charge in [-0.3, -0.25) is 0 Å². The fourth-order valence-electron chi connectivity index (χ4n) is 7.47. The van der Waals surface area contributed by atoms with Gasteiger partial charge in [-0.25, -0.2) is 0 Å². The predicted octanol–water partition coefficient (Wildman–Crippen LogP) is 13.9.